The molecule has 0 saturated carbocycles. The molecule has 2 saturated heterocycles. The number of nitrogens with zero attached hydrogens (tertiary/aromatic N) is 3. The van der Waals surface area contributed by atoms with Crippen LogP contribution in [0, 0.1) is 11.3 Å². The number of aromatic hydroxyl groups is 2. The van der Waals surface area contributed by atoms with Gasteiger partial charge in [0.25, 0.3) is 0 Å². The van der Waals surface area contributed by atoms with Crippen LogP contribution in [-0.2, 0) is 20.7 Å². The highest BCUT2D eigenvalue weighted by Crippen LogP contribution is 2.65. The average molecular weight is 538 g/mol. The zero-order chi connectivity index (χ0) is 27.5. The van der Waals surface area contributed by atoms with Gasteiger partial charge < -0.3 is 29.3 Å². The van der Waals surface area contributed by atoms with Crippen LogP contribution in [0.4, 0.5) is 5.69 Å². The second-order valence-corrected chi connectivity index (χ2v) is 11.0. The van der Waals surface area contributed by atoms with Gasteiger partial charge in [-0.25, -0.2) is 4.57 Å². The van der Waals surface area contributed by atoms with Crippen LogP contribution < -0.4 is 9.64 Å². The Balaban J connectivity index is 1.21. The number of ether oxygens (including phenoxy) is 3. The lowest BCUT2D eigenvalue weighted by Gasteiger charge is -2.29. The Hall–Kier alpha value is -4.19. The van der Waals surface area contributed by atoms with Gasteiger partial charge in [-0.3, -0.25) is 0 Å². The summed E-state index contributed by atoms with van der Waals surface area (Å²) < 4.78 is 19.7. The molecule has 0 spiro atoms. The Kier molecular flexibility index (Phi) is 5.70. The number of fused-ring (bicyclic) bond motifs is 6. The van der Waals surface area contributed by atoms with Gasteiger partial charge in [-0.1, -0.05) is 36.4 Å². The van der Waals surface area contributed by atoms with E-state index < -0.39 is 11.2 Å². The van der Waals surface area contributed by atoms with Crippen molar-refractivity contribution in [1.82, 2.24) is 4.57 Å². The van der Waals surface area contributed by atoms with E-state index in [1.807, 2.05) is 55.5 Å². The monoisotopic (exact) mass is 537 g/mol. The third-order valence-corrected chi connectivity index (χ3v) is 8.76. The zero-order valence-corrected chi connectivity index (χ0v) is 22.4. The van der Waals surface area contributed by atoms with Gasteiger partial charge in [-0.15, -0.1) is 0 Å². The third-order valence-electron chi connectivity index (χ3n) is 8.76. The Morgan fingerprint density at radius 3 is 2.60 bits per heavy atom. The summed E-state index contributed by atoms with van der Waals surface area (Å²) >= 11 is 0. The van der Waals surface area contributed by atoms with Crippen molar-refractivity contribution in [3.63, 3.8) is 0 Å². The fourth-order valence-electron chi connectivity index (χ4n) is 6.82. The van der Waals surface area contributed by atoms with Gasteiger partial charge in [0.1, 0.15) is 17.4 Å². The summed E-state index contributed by atoms with van der Waals surface area (Å²) in [6.07, 6.45) is 1.93. The standard InChI is InChI=1S/C32H31N3O5/c1-31-11-12-32(40-31,13-16-39-23-7-4-6-22(19-23)34-14-17-38-18-15-34)28-27(31)29(36)35(30(28)37)26-10-9-21-5-2-3-8-24(21)25(26)20-33/h2-10,19,36-37H,11-18H2,1H3. The van der Waals surface area contributed by atoms with Gasteiger partial charge in [-0.05, 0) is 43.4 Å². The number of nitriles is 1. The van der Waals surface area contributed by atoms with E-state index in [1.165, 1.54) is 4.57 Å². The van der Waals surface area contributed by atoms with Crippen molar-refractivity contribution in [3.8, 4) is 29.3 Å². The molecule has 4 heterocycles. The van der Waals surface area contributed by atoms with Crippen molar-refractivity contribution < 1.29 is 24.4 Å². The van der Waals surface area contributed by atoms with Crippen molar-refractivity contribution in [1.29, 1.82) is 5.26 Å². The molecule has 3 aliphatic rings. The summed E-state index contributed by atoms with van der Waals surface area (Å²) in [4.78, 5) is 2.29. The predicted octanol–water partition coefficient (Wildman–Crippen LogP) is 5.45. The third kappa shape index (κ3) is 3.65. The molecule has 2 fully saturated rings. The molecule has 0 amide bonds. The van der Waals surface area contributed by atoms with E-state index in [0.29, 0.717) is 48.2 Å². The predicted molar refractivity (Wildman–Crippen MR) is 150 cm³/mol. The molecule has 7 rings (SSSR count). The van der Waals surface area contributed by atoms with E-state index in [4.69, 9.17) is 14.2 Å². The fourth-order valence-corrected chi connectivity index (χ4v) is 6.82. The average Bonchev–Trinajstić information content (AvgIpc) is 3.57. The molecule has 0 aliphatic carbocycles. The minimum absolute atomic E-state index is 0.0810. The molecule has 8 nitrogen and oxygen atoms in total. The number of rotatable bonds is 6. The molecule has 204 valence electrons. The summed E-state index contributed by atoms with van der Waals surface area (Å²) in [5.74, 6) is 0.610. The Morgan fingerprint density at radius 1 is 0.975 bits per heavy atom. The largest absolute Gasteiger partial charge is 0.494 e. The molecule has 3 aliphatic heterocycles. The zero-order valence-electron chi connectivity index (χ0n) is 22.4. The Labute approximate surface area is 232 Å². The first-order valence-electron chi connectivity index (χ1n) is 13.8. The second kappa shape index (κ2) is 9.19. The Bertz CT molecular complexity index is 1670. The molecular weight excluding hydrogens is 506 g/mol. The Morgan fingerprint density at radius 2 is 1.77 bits per heavy atom. The highest BCUT2D eigenvalue weighted by Gasteiger charge is 2.61. The summed E-state index contributed by atoms with van der Waals surface area (Å²) in [6.45, 7) is 5.49. The first kappa shape index (κ1) is 24.8. The lowest BCUT2D eigenvalue weighted by atomic mass is 9.78. The van der Waals surface area contributed by atoms with Crippen molar-refractivity contribution in [2.45, 2.75) is 37.4 Å². The SMILES string of the molecule is CC12CCC(CCOc3cccc(N4CCOCC4)c3)(O1)c1c2c(O)n(-c2ccc3ccccc3c2C#N)c1O. The maximum Gasteiger partial charge on any atom is 0.205 e. The molecule has 2 N–H and O–H groups in total. The van der Waals surface area contributed by atoms with Gasteiger partial charge >= 0.3 is 0 Å². The quantitative estimate of drug-likeness (QED) is 0.337. The van der Waals surface area contributed by atoms with Gasteiger partial charge in [0.05, 0.1) is 47.8 Å². The second-order valence-electron chi connectivity index (χ2n) is 11.0. The smallest absolute Gasteiger partial charge is 0.205 e. The van der Waals surface area contributed by atoms with Crippen molar-refractivity contribution in [2.75, 3.05) is 37.8 Å². The lowest BCUT2D eigenvalue weighted by Crippen LogP contribution is -2.36. The fraction of sp³-hybridized carbons (Fsp3) is 0.344. The van der Waals surface area contributed by atoms with Crippen LogP contribution in [0.15, 0.2) is 60.7 Å². The highest BCUT2D eigenvalue weighted by molar-refractivity contribution is 5.91. The van der Waals surface area contributed by atoms with Crippen LogP contribution >= 0.6 is 0 Å². The van der Waals surface area contributed by atoms with E-state index in [2.05, 4.69) is 17.0 Å². The summed E-state index contributed by atoms with van der Waals surface area (Å²) in [5, 5.41) is 34.9. The highest BCUT2D eigenvalue weighted by atomic mass is 16.5. The van der Waals surface area contributed by atoms with E-state index in [-0.39, 0.29) is 11.8 Å². The van der Waals surface area contributed by atoms with Gasteiger partial charge in [-0.2, -0.15) is 5.26 Å². The lowest BCUT2D eigenvalue weighted by molar-refractivity contribution is -0.0876. The van der Waals surface area contributed by atoms with E-state index >= 15 is 0 Å². The number of benzene rings is 3. The van der Waals surface area contributed by atoms with Gasteiger partial charge in [0.15, 0.2) is 0 Å². The topological polar surface area (TPSA) is 100 Å². The van der Waals surface area contributed by atoms with Crippen LogP contribution in [-0.4, -0.2) is 47.7 Å². The number of aromatic nitrogens is 1. The molecule has 2 bridgehead atoms. The molecule has 4 aromatic rings. The first-order valence-corrected chi connectivity index (χ1v) is 13.8. The van der Waals surface area contributed by atoms with E-state index in [9.17, 15) is 15.5 Å². The van der Waals surface area contributed by atoms with Crippen molar-refractivity contribution in [2.24, 2.45) is 0 Å². The molecule has 8 heteroatoms. The molecule has 2 unspecified atom stereocenters. The van der Waals surface area contributed by atoms with E-state index in [0.717, 1.165) is 48.5 Å². The molecule has 2 atom stereocenters. The van der Waals surface area contributed by atoms with Crippen molar-refractivity contribution in [3.05, 3.63) is 77.4 Å². The number of anilines is 1. The minimum atomic E-state index is -0.789. The number of hydrogen-bond acceptors (Lipinski definition) is 7. The maximum absolute atomic E-state index is 11.6. The normalized spacial score (nSPS) is 23.4. The maximum atomic E-state index is 11.6. The molecule has 3 aromatic carbocycles. The van der Waals surface area contributed by atoms with Crippen LogP contribution in [0.5, 0.6) is 17.5 Å². The summed E-state index contributed by atoms with van der Waals surface area (Å²) in [5.41, 5.74) is 1.62. The minimum Gasteiger partial charge on any atom is -0.494 e. The molecule has 0 radical (unpaired) electrons. The molecular formula is C32H31N3O5. The van der Waals surface area contributed by atoms with Crippen LogP contribution in [0.1, 0.15) is 42.9 Å². The van der Waals surface area contributed by atoms with Crippen LogP contribution in [0.2, 0.25) is 0 Å². The number of hydrogen-bond donors (Lipinski definition) is 2. The number of morpholine rings is 1. The van der Waals surface area contributed by atoms with Gasteiger partial charge in [0.2, 0.25) is 11.8 Å². The summed E-state index contributed by atoms with van der Waals surface area (Å²) in [6, 6.07) is 21.7. The summed E-state index contributed by atoms with van der Waals surface area (Å²) in [7, 11) is 0. The van der Waals surface area contributed by atoms with Gasteiger partial charge in [0, 0.05) is 36.7 Å². The van der Waals surface area contributed by atoms with Crippen molar-refractivity contribution >= 4 is 16.5 Å². The molecule has 1 aromatic heterocycles. The molecule has 40 heavy (non-hydrogen) atoms. The first-order chi connectivity index (χ1) is 19.4. The van der Waals surface area contributed by atoms with E-state index in [1.54, 1.807) is 6.07 Å². The van der Waals surface area contributed by atoms with Crippen LogP contribution in [0.3, 0.4) is 0 Å². The van der Waals surface area contributed by atoms with Crippen LogP contribution in [0.25, 0.3) is 16.5 Å².